The van der Waals surface area contributed by atoms with Crippen LogP contribution in [0.1, 0.15) is 11.6 Å². The molecule has 1 amide bonds. The second kappa shape index (κ2) is 5.81. The number of halogens is 4. The van der Waals surface area contributed by atoms with Crippen molar-refractivity contribution in [3.63, 3.8) is 0 Å². The van der Waals surface area contributed by atoms with Crippen LogP contribution in [-0.2, 0) is 4.79 Å². The van der Waals surface area contributed by atoms with Gasteiger partial charge in [-0.05, 0) is 5.56 Å². The lowest BCUT2D eigenvalue weighted by molar-refractivity contribution is -0.170. The van der Waals surface area contributed by atoms with E-state index in [1.807, 2.05) is 0 Å². The number of carbonyl (C=O) groups excluding carboxylic acids is 1. The quantitative estimate of drug-likeness (QED) is 0.797. The Morgan fingerprint density at radius 1 is 1.28 bits per heavy atom. The zero-order valence-electron chi connectivity index (χ0n) is 9.12. The van der Waals surface area contributed by atoms with Crippen molar-refractivity contribution in [3.05, 3.63) is 35.9 Å². The van der Waals surface area contributed by atoms with Crippen LogP contribution in [0.25, 0.3) is 0 Å². The minimum atomic E-state index is -4.78. The number of aliphatic hydroxyl groups excluding tert-OH is 1. The summed E-state index contributed by atoms with van der Waals surface area (Å²) in [6, 6.07) is 6.57. The van der Waals surface area contributed by atoms with Gasteiger partial charge in [0.1, 0.15) is 0 Å². The topological polar surface area (TPSA) is 49.3 Å². The summed E-state index contributed by atoms with van der Waals surface area (Å²) in [6.45, 7) is -0.672. The van der Waals surface area contributed by atoms with Crippen LogP contribution in [0.2, 0.25) is 0 Å². The number of rotatable bonds is 5. The van der Waals surface area contributed by atoms with Crippen LogP contribution in [-0.4, -0.2) is 30.0 Å². The molecular weight excluding hydrogens is 254 g/mol. The average Bonchev–Trinajstić information content (AvgIpc) is 2.36. The van der Waals surface area contributed by atoms with Crippen LogP contribution >= 0.6 is 0 Å². The summed E-state index contributed by atoms with van der Waals surface area (Å²) in [5.41, 5.74) is 0.346. The van der Waals surface area contributed by atoms with Gasteiger partial charge in [0.05, 0.1) is 12.6 Å². The SMILES string of the molecule is O=C(N[C@@H](CO)c1ccccc1)C(F)(F)C(F)F. The molecule has 3 nitrogen and oxygen atoms in total. The molecule has 0 heterocycles. The van der Waals surface area contributed by atoms with E-state index in [9.17, 15) is 22.4 Å². The molecule has 7 heteroatoms. The van der Waals surface area contributed by atoms with Gasteiger partial charge < -0.3 is 10.4 Å². The van der Waals surface area contributed by atoms with Gasteiger partial charge in [0.2, 0.25) is 0 Å². The Bertz CT molecular complexity index is 397. The molecule has 1 aromatic rings. The number of hydrogen-bond donors (Lipinski definition) is 2. The predicted octanol–water partition coefficient (Wildman–Crippen LogP) is 1.74. The number of aliphatic hydroxyl groups is 1. The first-order valence-electron chi connectivity index (χ1n) is 5.02. The molecule has 1 aromatic carbocycles. The fourth-order valence-electron chi connectivity index (χ4n) is 1.27. The van der Waals surface area contributed by atoms with Gasteiger partial charge in [-0.2, -0.15) is 8.78 Å². The lowest BCUT2D eigenvalue weighted by atomic mass is 10.1. The molecule has 1 atom stereocenters. The normalized spacial score (nSPS) is 13.4. The average molecular weight is 265 g/mol. The lowest BCUT2D eigenvalue weighted by Crippen LogP contribution is -2.47. The summed E-state index contributed by atoms with van der Waals surface area (Å²) in [7, 11) is 0. The summed E-state index contributed by atoms with van der Waals surface area (Å²) in [4.78, 5) is 11.0. The van der Waals surface area contributed by atoms with Crippen molar-refractivity contribution in [1.29, 1.82) is 0 Å². The molecule has 0 saturated carbocycles. The summed E-state index contributed by atoms with van der Waals surface area (Å²) < 4.78 is 49.3. The van der Waals surface area contributed by atoms with E-state index in [1.165, 1.54) is 12.1 Å². The van der Waals surface area contributed by atoms with Crippen molar-refractivity contribution in [2.45, 2.75) is 18.4 Å². The molecule has 100 valence electrons. The molecule has 0 aliphatic carbocycles. The third-order valence-electron chi connectivity index (χ3n) is 2.27. The second-order valence-electron chi connectivity index (χ2n) is 3.54. The Balaban J connectivity index is 2.79. The van der Waals surface area contributed by atoms with Crippen molar-refractivity contribution in [3.8, 4) is 0 Å². The Hall–Kier alpha value is -1.63. The van der Waals surface area contributed by atoms with Gasteiger partial charge in [-0.15, -0.1) is 0 Å². The zero-order chi connectivity index (χ0) is 13.8. The Morgan fingerprint density at radius 2 is 1.83 bits per heavy atom. The fourth-order valence-corrected chi connectivity index (χ4v) is 1.27. The summed E-state index contributed by atoms with van der Waals surface area (Å²) in [6.07, 6.45) is -4.09. The maximum absolute atomic E-state index is 12.7. The largest absolute Gasteiger partial charge is 0.394 e. The predicted molar refractivity (Wildman–Crippen MR) is 55.4 cm³/mol. The zero-order valence-corrected chi connectivity index (χ0v) is 9.12. The molecule has 0 aromatic heterocycles. The Labute approximate surface area is 100 Å². The van der Waals surface area contributed by atoms with Crippen molar-refractivity contribution >= 4 is 5.91 Å². The Kier molecular flexibility index (Phi) is 4.66. The van der Waals surface area contributed by atoms with Gasteiger partial charge in [-0.3, -0.25) is 4.79 Å². The number of amides is 1. The van der Waals surface area contributed by atoms with Crippen LogP contribution in [0.3, 0.4) is 0 Å². The molecule has 0 saturated heterocycles. The molecule has 0 spiro atoms. The van der Waals surface area contributed by atoms with Crippen molar-refractivity contribution in [1.82, 2.24) is 5.32 Å². The van der Waals surface area contributed by atoms with E-state index in [-0.39, 0.29) is 0 Å². The lowest BCUT2D eigenvalue weighted by Gasteiger charge is -2.20. The van der Waals surface area contributed by atoms with Gasteiger partial charge in [0.15, 0.2) is 0 Å². The van der Waals surface area contributed by atoms with Gasteiger partial charge in [0.25, 0.3) is 5.91 Å². The minimum absolute atomic E-state index is 0.346. The van der Waals surface area contributed by atoms with Crippen molar-refractivity contribution < 1.29 is 27.5 Å². The molecule has 2 N–H and O–H groups in total. The van der Waals surface area contributed by atoms with Crippen LogP contribution in [0.4, 0.5) is 17.6 Å². The van der Waals surface area contributed by atoms with E-state index in [1.54, 1.807) is 23.5 Å². The third kappa shape index (κ3) is 3.19. The monoisotopic (exact) mass is 265 g/mol. The van der Waals surface area contributed by atoms with E-state index < -0.39 is 30.9 Å². The van der Waals surface area contributed by atoms with Crippen LogP contribution in [0.5, 0.6) is 0 Å². The number of alkyl halides is 4. The van der Waals surface area contributed by atoms with Gasteiger partial charge in [-0.25, -0.2) is 8.78 Å². The third-order valence-corrected chi connectivity index (χ3v) is 2.27. The second-order valence-corrected chi connectivity index (χ2v) is 3.54. The first kappa shape index (κ1) is 14.4. The highest BCUT2D eigenvalue weighted by atomic mass is 19.3. The Morgan fingerprint density at radius 3 is 2.28 bits per heavy atom. The number of benzene rings is 1. The molecule has 18 heavy (non-hydrogen) atoms. The van der Waals surface area contributed by atoms with E-state index in [2.05, 4.69) is 0 Å². The summed E-state index contributed by atoms with van der Waals surface area (Å²) >= 11 is 0. The van der Waals surface area contributed by atoms with Gasteiger partial charge in [-0.1, -0.05) is 30.3 Å². The number of carbonyl (C=O) groups is 1. The van der Waals surface area contributed by atoms with Crippen molar-refractivity contribution in [2.24, 2.45) is 0 Å². The first-order chi connectivity index (χ1) is 8.39. The number of hydrogen-bond acceptors (Lipinski definition) is 2. The molecule has 1 rings (SSSR count). The first-order valence-corrected chi connectivity index (χ1v) is 5.02. The van der Waals surface area contributed by atoms with E-state index in [4.69, 9.17) is 5.11 Å². The highest BCUT2D eigenvalue weighted by Crippen LogP contribution is 2.24. The standard InChI is InChI=1S/C11H11F4NO2/c12-9(13)11(14,15)10(18)16-8(6-17)7-4-2-1-3-5-7/h1-5,8-9,17H,6H2,(H,16,18)/t8-/m0/s1. The molecular formula is C11H11F4NO2. The van der Waals surface area contributed by atoms with E-state index >= 15 is 0 Å². The highest BCUT2D eigenvalue weighted by Gasteiger charge is 2.49. The van der Waals surface area contributed by atoms with Crippen LogP contribution in [0.15, 0.2) is 30.3 Å². The van der Waals surface area contributed by atoms with E-state index in [0.29, 0.717) is 5.56 Å². The maximum Gasteiger partial charge on any atom is 0.383 e. The molecule has 0 fully saturated rings. The number of nitrogens with one attached hydrogen (secondary N) is 1. The molecule has 0 aliphatic rings. The van der Waals surface area contributed by atoms with Gasteiger partial charge >= 0.3 is 12.3 Å². The van der Waals surface area contributed by atoms with E-state index in [0.717, 1.165) is 0 Å². The smallest absolute Gasteiger partial charge is 0.383 e. The van der Waals surface area contributed by atoms with Crippen LogP contribution < -0.4 is 5.32 Å². The van der Waals surface area contributed by atoms with Gasteiger partial charge in [0, 0.05) is 0 Å². The maximum atomic E-state index is 12.7. The summed E-state index contributed by atoms with van der Waals surface area (Å²) in [5, 5.41) is 10.7. The minimum Gasteiger partial charge on any atom is -0.394 e. The molecule has 0 radical (unpaired) electrons. The highest BCUT2D eigenvalue weighted by molar-refractivity contribution is 5.84. The van der Waals surface area contributed by atoms with Crippen LogP contribution in [0, 0.1) is 0 Å². The van der Waals surface area contributed by atoms with Crippen molar-refractivity contribution in [2.75, 3.05) is 6.61 Å². The fraction of sp³-hybridized carbons (Fsp3) is 0.364. The summed E-state index contributed by atoms with van der Waals surface area (Å²) in [5.74, 6) is -6.89. The molecule has 0 unspecified atom stereocenters. The molecule has 0 bridgehead atoms. The molecule has 0 aliphatic heterocycles.